The average molecular weight is 324 g/mol. The van der Waals surface area contributed by atoms with Crippen LogP contribution < -0.4 is 10.6 Å². The first-order chi connectivity index (χ1) is 11.0. The molecule has 2 N–H and O–H groups in total. The number of hydrogen-bond donors (Lipinski definition) is 2. The Kier molecular flexibility index (Phi) is 5.42. The van der Waals surface area contributed by atoms with Gasteiger partial charge >= 0.3 is 11.8 Å². The fourth-order valence-corrected chi connectivity index (χ4v) is 1.81. The van der Waals surface area contributed by atoms with Crippen molar-refractivity contribution < 1.29 is 27.5 Å². The molecule has 0 bridgehead atoms. The first kappa shape index (κ1) is 16.6. The number of hydrogen-bond acceptors (Lipinski definition) is 4. The fraction of sp³-hybridized carbons (Fsp3) is 0.200. The number of benzene rings is 1. The van der Waals surface area contributed by atoms with Crippen LogP contribution in [0.2, 0.25) is 0 Å². The average Bonchev–Trinajstić information content (AvgIpc) is 3.05. The Morgan fingerprint density at radius 1 is 1.26 bits per heavy atom. The Morgan fingerprint density at radius 2 is 2.04 bits per heavy atom. The molecular weight excluding hydrogens is 310 g/mol. The van der Waals surface area contributed by atoms with Gasteiger partial charge in [-0.25, -0.2) is 8.78 Å². The molecule has 0 aliphatic heterocycles. The number of anilines is 1. The van der Waals surface area contributed by atoms with E-state index in [1.54, 1.807) is 12.1 Å². The minimum Gasteiger partial charge on any atom is -0.467 e. The zero-order valence-electron chi connectivity index (χ0n) is 12.1. The molecule has 0 saturated heterocycles. The second kappa shape index (κ2) is 7.50. The monoisotopic (exact) mass is 324 g/mol. The molecule has 0 aliphatic rings. The summed E-state index contributed by atoms with van der Waals surface area (Å²) >= 11 is 0. The van der Waals surface area contributed by atoms with Crippen molar-refractivity contribution >= 4 is 17.5 Å². The van der Waals surface area contributed by atoms with Gasteiger partial charge in [0.2, 0.25) is 0 Å². The van der Waals surface area contributed by atoms with Gasteiger partial charge in [0.25, 0.3) is 0 Å². The normalized spacial score (nSPS) is 11.8. The van der Waals surface area contributed by atoms with Crippen LogP contribution >= 0.6 is 0 Å². The highest BCUT2D eigenvalue weighted by Crippen LogP contribution is 2.16. The van der Waals surface area contributed by atoms with E-state index in [1.807, 2.05) is 5.32 Å². The number of halogens is 2. The topological polar surface area (TPSA) is 80.6 Å². The molecule has 1 heterocycles. The highest BCUT2D eigenvalue weighted by Gasteiger charge is 2.19. The maximum atomic E-state index is 13.4. The summed E-state index contributed by atoms with van der Waals surface area (Å²) in [5, 5.41) is 4.32. The third-order valence-corrected chi connectivity index (χ3v) is 2.98. The van der Waals surface area contributed by atoms with Crippen LogP contribution in [0.5, 0.6) is 0 Å². The van der Waals surface area contributed by atoms with E-state index in [9.17, 15) is 18.4 Å². The van der Waals surface area contributed by atoms with Crippen LogP contribution in [-0.4, -0.2) is 25.5 Å². The van der Waals surface area contributed by atoms with Gasteiger partial charge < -0.3 is 19.8 Å². The third kappa shape index (κ3) is 4.36. The van der Waals surface area contributed by atoms with E-state index in [1.165, 1.54) is 13.4 Å². The molecular formula is C15H14F2N2O4. The van der Waals surface area contributed by atoms with Crippen molar-refractivity contribution in [3.63, 3.8) is 0 Å². The molecule has 122 valence electrons. The summed E-state index contributed by atoms with van der Waals surface area (Å²) in [4.78, 5) is 23.4. The quantitative estimate of drug-likeness (QED) is 0.825. The smallest absolute Gasteiger partial charge is 0.313 e. The highest BCUT2D eigenvalue weighted by atomic mass is 19.1. The van der Waals surface area contributed by atoms with Crippen molar-refractivity contribution in [1.29, 1.82) is 0 Å². The molecule has 2 amide bonds. The van der Waals surface area contributed by atoms with Crippen molar-refractivity contribution in [2.75, 3.05) is 19.0 Å². The summed E-state index contributed by atoms with van der Waals surface area (Å²) in [6.07, 6.45) is 0.871. The number of carbonyl (C=O) groups excluding carboxylic acids is 2. The van der Waals surface area contributed by atoms with Crippen molar-refractivity contribution in [2.45, 2.75) is 6.10 Å². The van der Waals surface area contributed by atoms with E-state index < -0.39 is 35.2 Å². The van der Waals surface area contributed by atoms with Gasteiger partial charge in [0.1, 0.15) is 23.5 Å². The zero-order valence-corrected chi connectivity index (χ0v) is 12.1. The molecule has 1 aromatic heterocycles. The molecule has 1 atom stereocenters. The lowest BCUT2D eigenvalue weighted by molar-refractivity contribution is -0.136. The SMILES string of the molecule is CO[C@@H](CNC(=O)C(=O)Nc1cc(F)ccc1F)c1ccco1. The summed E-state index contributed by atoms with van der Waals surface area (Å²) in [7, 11) is 1.42. The number of methoxy groups -OCH3 is 1. The highest BCUT2D eigenvalue weighted by molar-refractivity contribution is 6.39. The maximum absolute atomic E-state index is 13.4. The Balaban J connectivity index is 1.92. The number of ether oxygens (including phenoxy) is 1. The predicted octanol–water partition coefficient (Wildman–Crippen LogP) is 2.00. The van der Waals surface area contributed by atoms with Crippen LogP contribution in [0.3, 0.4) is 0 Å². The van der Waals surface area contributed by atoms with E-state index in [-0.39, 0.29) is 6.54 Å². The molecule has 2 rings (SSSR count). The first-order valence-electron chi connectivity index (χ1n) is 6.61. The Morgan fingerprint density at radius 3 is 2.70 bits per heavy atom. The number of furan rings is 1. The minimum atomic E-state index is -1.12. The number of rotatable bonds is 5. The second-order valence-corrected chi connectivity index (χ2v) is 4.53. The van der Waals surface area contributed by atoms with Crippen LogP contribution in [-0.2, 0) is 14.3 Å². The van der Waals surface area contributed by atoms with Crippen LogP contribution in [0.25, 0.3) is 0 Å². The van der Waals surface area contributed by atoms with Gasteiger partial charge in [0.15, 0.2) is 0 Å². The summed E-state index contributed by atoms with van der Waals surface area (Å²) in [6.45, 7) is -0.0259. The lowest BCUT2D eigenvalue weighted by atomic mass is 10.2. The molecule has 0 unspecified atom stereocenters. The van der Waals surface area contributed by atoms with Crippen LogP contribution in [0, 0.1) is 11.6 Å². The Labute approximate surface area is 130 Å². The van der Waals surface area contributed by atoms with Gasteiger partial charge in [-0.1, -0.05) is 0 Å². The molecule has 0 radical (unpaired) electrons. The summed E-state index contributed by atoms with van der Waals surface area (Å²) in [5.74, 6) is -3.24. The molecule has 1 aromatic carbocycles. The zero-order chi connectivity index (χ0) is 16.8. The van der Waals surface area contributed by atoms with Gasteiger partial charge in [-0.05, 0) is 24.3 Å². The lowest BCUT2D eigenvalue weighted by Crippen LogP contribution is -2.38. The summed E-state index contributed by atoms with van der Waals surface area (Å²) < 4.78 is 36.7. The number of carbonyl (C=O) groups is 2. The predicted molar refractivity (Wildman–Crippen MR) is 76.5 cm³/mol. The van der Waals surface area contributed by atoms with Crippen LogP contribution in [0.1, 0.15) is 11.9 Å². The Bertz CT molecular complexity index is 689. The molecule has 0 saturated carbocycles. The van der Waals surface area contributed by atoms with Gasteiger partial charge in [-0.3, -0.25) is 9.59 Å². The van der Waals surface area contributed by atoms with Crippen molar-refractivity contribution in [2.24, 2.45) is 0 Å². The molecule has 0 aliphatic carbocycles. The van der Waals surface area contributed by atoms with Crippen molar-refractivity contribution in [3.8, 4) is 0 Å². The second-order valence-electron chi connectivity index (χ2n) is 4.53. The van der Waals surface area contributed by atoms with E-state index in [0.29, 0.717) is 5.76 Å². The minimum absolute atomic E-state index is 0.0259. The summed E-state index contributed by atoms with van der Waals surface area (Å²) in [5.41, 5.74) is -0.417. The van der Waals surface area contributed by atoms with E-state index in [4.69, 9.17) is 9.15 Å². The molecule has 23 heavy (non-hydrogen) atoms. The molecule has 6 nitrogen and oxygen atoms in total. The Hall–Kier alpha value is -2.74. The lowest BCUT2D eigenvalue weighted by Gasteiger charge is -2.13. The largest absolute Gasteiger partial charge is 0.467 e. The number of amides is 2. The van der Waals surface area contributed by atoms with E-state index >= 15 is 0 Å². The van der Waals surface area contributed by atoms with Crippen molar-refractivity contribution in [1.82, 2.24) is 5.32 Å². The van der Waals surface area contributed by atoms with Gasteiger partial charge in [0, 0.05) is 13.2 Å². The van der Waals surface area contributed by atoms with Crippen molar-refractivity contribution in [3.05, 3.63) is 54.0 Å². The standard InChI is InChI=1S/C15H14F2N2O4/c1-22-13(12-3-2-6-23-12)8-18-14(20)15(21)19-11-7-9(16)4-5-10(11)17/h2-7,13H,8H2,1H3,(H,18,20)(H,19,21)/t13-/m0/s1. The summed E-state index contributed by atoms with van der Waals surface area (Å²) in [6, 6.07) is 5.84. The van der Waals surface area contributed by atoms with Gasteiger partial charge in [-0.2, -0.15) is 0 Å². The van der Waals surface area contributed by atoms with E-state index in [0.717, 1.165) is 18.2 Å². The molecule has 8 heteroatoms. The van der Waals surface area contributed by atoms with Crippen LogP contribution in [0.4, 0.5) is 14.5 Å². The molecule has 0 fully saturated rings. The van der Waals surface area contributed by atoms with Crippen LogP contribution in [0.15, 0.2) is 41.0 Å². The number of nitrogens with one attached hydrogen (secondary N) is 2. The van der Waals surface area contributed by atoms with Gasteiger partial charge in [0.05, 0.1) is 18.5 Å². The maximum Gasteiger partial charge on any atom is 0.313 e. The van der Waals surface area contributed by atoms with E-state index in [2.05, 4.69) is 5.32 Å². The fourth-order valence-electron chi connectivity index (χ4n) is 1.81. The first-order valence-corrected chi connectivity index (χ1v) is 6.61. The molecule has 2 aromatic rings. The van der Waals surface area contributed by atoms with Gasteiger partial charge in [-0.15, -0.1) is 0 Å². The third-order valence-electron chi connectivity index (χ3n) is 2.98. The molecule has 0 spiro atoms.